The van der Waals surface area contributed by atoms with Crippen molar-refractivity contribution >= 4 is 28.5 Å². The summed E-state index contributed by atoms with van der Waals surface area (Å²) in [5.41, 5.74) is 2.70. The number of carbonyl (C=O) groups excluding carboxylic acids is 1. The van der Waals surface area contributed by atoms with Crippen LogP contribution in [0, 0.1) is 10.1 Å². The van der Waals surface area contributed by atoms with E-state index in [2.05, 4.69) is 10.5 Å². The van der Waals surface area contributed by atoms with Gasteiger partial charge >= 0.3 is 5.00 Å². The van der Waals surface area contributed by atoms with Crippen LogP contribution in [0.1, 0.15) is 15.2 Å². The molecule has 0 unspecified atom stereocenters. The maximum atomic E-state index is 11.9. The van der Waals surface area contributed by atoms with Crippen LogP contribution in [0.15, 0.2) is 41.5 Å². The van der Waals surface area contributed by atoms with Crippen LogP contribution in [0.5, 0.6) is 5.75 Å². The lowest BCUT2D eigenvalue weighted by Gasteiger charge is -2.05. The van der Waals surface area contributed by atoms with Crippen LogP contribution in [0.2, 0.25) is 0 Å². The number of methoxy groups -OCH3 is 1. The van der Waals surface area contributed by atoms with Crippen molar-refractivity contribution in [3.63, 3.8) is 0 Å². The van der Waals surface area contributed by atoms with Gasteiger partial charge in [-0.15, -0.1) is 0 Å². The summed E-state index contributed by atoms with van der Waals surface area (Å²) >= 11 is 0.972. The van der Waals surface area contributed by atoms with Crippen molar-refractivity contribution in [2.45, 2.75) is 0 Å². The normalized spacial score (nSPS) is 10.5. The minimum absolute atomic E-state index is 0.0208. The molecule has 0 spiro atoms. The molecule has 1 N–H and O–H groups in total. The number of hydrogen-bond donors (Lipinski definition) is 1. The number of hydrogen-bond acceptors (Lipinski definition) is 6. The van der Waals surface area contributed by atoms with Gasteiger partial charge in [0, 0.05) is 6.07 Å². The van der Waals surface area contributed by atoms with Crippen molar-refractivity contribution in [1.29, 1.82) is 0 Å². The fourth-order valence-electron chi connectivity index (χ4n) is 1.56. The van der Waals surface area contributed by atoms with Crippen molar-refractivity contribution < 1.29 is 14.5 Å². The topological polar surface area (TPSA) is 93.8 Å². The summed E-state index contributed by atoms with van der Waals surface area (Å²) in [6, 6.07) is 9.68. The molecule has 0 fully saturated rings. The number of nitrogens with zero attached hydrogens (tertiary/aromatic N) is 2. The molecule has 0 bridgehead atoms. The molecule has 0 aliphatic carbocycles. The summed E-state index contributed by atoms with van der Waals surface area (Å²) < 4.78 is 5.08. The molecular weight excluding hydrogens is 294 g/mol. The maximum absolute atomic E-state index is 11.9. The van der Waals surface area contributed by atoms with Crippen molar-refractivity contribution in [2.24, 2.45) is 5.10 Å². The number of nitrogens with one attached hydrogen (secondary N) is 1. The number of thiophene rings is 1. The second-order valence-electron chi connectivity index (χ2n) is 3.83. The minimum atomic E-state index is -0.477. The molecule has 0 aliphatic heterocycles. The number of hydrazone groups is 1. The molecule has 1 heterocycles. The van der Waals surface area contributed by atoms with E-state index in [4.69, 9.17) is 4.74 Å². The Kier molecular flexibility index (Phi) is 4.62. The van der Waals surface area contributed by atoms with Crippen molar-refractivity contribution in [2.75, 3.05) is 7.11 Å². The van der Waals surface area contributed by atoms with E-state index >= 15 is 0 Å². The van der Waals surface area contributed by atoms with Gasteiger partial charge in [0.1, 0.15) is 5.75 Å². The fraction of sp³-hybridized carbons (Fsp3) is 0.0769. The Bertz CT molecular complexity index is 696. The van der Waals surface area contributed by atoms with Gasteiger partial charge in [-0.25, -0.2) is 5.43 Å². The summed E-state index contributed by atoms with van der Waals surface area (Å²) in [5.74, 6) is 0.0201. The molecule has 2 aromatic rings. The van der Waals surface area contributed by atoms with Crippen molar-refractivity contribution in [3.05, 3.63) is 57.0 Å². The molecule has 0 saturated heterocycles. The zero-order valence-corrected chi connectivity index (χ0v) is 11.8. The highest BCUT2D eigenvalue weighted by atomic mass is 32.1. The third-order valence-corrected chi connectivity index (χ3v) is 3.47. The predicted octanol–water partition coefficient (Wildman–Crippen LogP) is 2.43. The highest BCUT2D eigenvalue weighted by Crippen LogP contribution is 2.22. The van der Waals surface area contributed by atoms with E-state index in [9.17, 15) is 14.9 Å². The smallest absolute Gasteiger partial charge is 0.324 e. The van der Waals surface area contributed by atoms with Crippen LogP contribution in [0.25, 0.3) is 0 Å². The second-order valence-corrected chi connectivity index (χ2v) is 4.93. The molecule has 8 heteroatoms. The third-order valence-electron chi connectivity index (χ3n) is 2.50. The zero-order valence-electron chi connectivity index (χ0n) is 11.0. The van der Waals surface area contributed by atoms with Crippen LogP contribution in [-0.4, -0.2) is 24.2 Å². The van der Waals surface area contributed by atoms with Crippen molar-refractivity contribution in [3.8, 4) is 5.75 Å². The largest absolute Gasteiger partial charge is 0.496 e. The number of benzene rings is 1. The summed E-state index contributed by atoms with van der Waals surface area (Å²) in [7, 11) is 1.47. The number of nitro groups is 1. The molecule has 1 amide bonds. The lowest BCUT2D eigenvalue weighted by molar-refractivity contribution is -0.380. The number of amides is 1. The van der Waals surface area contributed by atoms with Gasteiger partial charge in [-0.2, -0.15) is 5.10 Å². The van der Waals surface area contributed by atoms with Gasteiger partial charge in [0.2, 0.25) is 0 Å². The molecule has 1 aromatic heterocycles. The zero-order chi connectivity index (χ0) is 15.2. The van der Waals surface area contributed by atoms with Crippen LogP contribution >= 0.6 is 11.3 Å². The van der Waals surface area contributed by atoms with Crippen LogP contribution in [0.4, 0.5) is 5.00 Å². The third kappa shape index (κ3) is 3.63. The molecule has 7 nitrogen and oxygen atoms in total. The predicted molar refractivity (Wildman–Crippen MR) is 79.0 cm³/mol. The van der Waals surface area contributed by atoms with Crippen molar-refractivity contribution in [1.82, 2.24) is 5.43 Å². The van der Waals surface area contributed by atoms with Gasteiger partial charge in [-0.3, -0.25) is 14.9 Å². The molecule has 108 valence electrons. The molecule has 21 heavy (non-hydrogen) atoms. The first-order chi connectivity index (χ1) is 10.1. The molecule has 1 aromatic carbocycles. The van der Waals surface area contributed by atoms with Crippen LogP contribution in [0.3, 0.4) is 0 Å². The van der Waals surface area contributed by atoms with Gasteiger partial charge < -0.3 is 4.74 Å². The lowest BCUT2D eigenvalue weighted by atomic mass is 10.2. The lowest BCUT2D eigenvalue weighted by Crippen LogP contribution is -2.18. The van der Waals surface area contributed by atoms with E-state index in [1.165, 1.54) is 19.4 Å². The van der Waals surface area contributed by atoms with Crippen LogP contribution in [-0.2, 0) is 0 Å². The van der Waals surface area contributed by atoms with Gasteiger partial charge in [0.25, 0.3) is 5.91 Å². The number of para-hydroxylation sites is 1. The quantitative estimate of drug-likeness (QED) is 0.521. The Hall–Kier alpha value is -2.74. The number of carbonyl (C=O) groups is 1. The molecule has 0 radical (unpaired) electrons. The molecule has 2 rings (SSSR count). The maximum Gasteiger partial charge on any atom is 0.324 e. The second kappa shape index (κ2) is 6.62. The molecule has 0 saturated carbocycles. The van der Waals surface area contributed by atoms with E-state index in [1.54, 1.807) is 30.3 Å². The standard InChI is InChI=1S/C13H11N3O4S/c1-20-11-5-3-2-4-10(11)13(17)15-14-8-9-6-7-12(21-9)16(18)19/h2-8H,1H3,(H,15,17)/b14-8-. The first-order valence-electron chi connectivity index (χ1n) is 5.82. The van der Waals surface area contributed by atoms with E-state index in [-0.39, 0.29) is 5.00 Å². The van der Waals surface area contributed by atoms with Gasteiger partial charge in [-0.05, 0) is 18.2 Å². The highest BCUT2D eigenvalue weighted by molar-refractivity contribution is 7.16. The summed E-state index contributed by atoms with van der Waals surface area (Å²) in [6.07, 6.45) is 1.35. The minimum Gasteiger partial charge on any atom is -0.496 e. The Morgan fingerprint density at radius 1 is 1.38 bits per heavy atom. The van der Waals surface area contributed by atoms with E-state index < -0.39 is 10.8 Å². The molecule has 0 atom stereocenters. The monoisotopic (exact) mass is 305 g/mol. The molecular formula is C13H11N3O4S. The summed E-state index contributed by atoms with van der Waals surface area (Å²) in [6.45, 7) is 0. The number of rotatable bonds is 5. The highest BCUT2D eigenvalue weighted by Gasteiger charge is 2.11. The van der Waals surface area contributed by atoms with E-state index in [1.807, 2.05) is 0 Å². The van der Waals surface area contributed by atoms with E-state index in [0.29, 0.717) is 16.2 Å². The number of ether oxygens (including phenoxy) is 1. The average Bonchev–Trinajstić information content (AvgIpc) is 2.96. The summed E-state index contributed by atoms with van der Waals surface area (Å²) in [5, 5.41) is 14.3. The van der Waals surface area contributed by atoms with Crippen LogP contribution < -0.4 is 10.2 Å². The Labute approximate surface area is 124 Å². The van der Waals surface area contributed by atoms with Gasteiger partial charge in [0.05, 0.1) is 28.7 Å². The Morgan fingerprint density at radius 3 is 2.81 bits per heavy atom. The fourth-order valence-corrected chi connectivity index (χ4v) is 2.25. The first-order valence-corrected chi connectivity index (χ1v) is 6.64. The SMILES string of the molecule is COc1ccccc1C(=O)N/N=C\c1ccc([N+](=O)[O-])s1. The van der Waals surface area contributed by atoms with Gasteiger partial charge in [0.15, 0.2) is 0 Å². The Balaban J connectivity index is 2.03. The first kappa shape index (κ1) is 14.7. The van der Waals surface area contributed by atoms with Gasteiger partial charge in [-0.1, -0.05) is 23.5 Å². The van der Waals surface area contributed by atoms with E-state index in [0.717, 1.165) is 11.3 Å². The molecule has 0 aliphatic rings. The summed E-state index contributed by atoms with van der Waals surface area (Å²) in [4.78, 5) is 22.6. The Morgan fingerprint density at radius 2 is 2.14 bits per heavy atom. The average molecular weight is 305 g/mol.